The molecule has 10 heteroatoms. The minimum Gasteiger partial charge on any atom is -0.492 e. The molecule has 1 aliphatic carbocycles. The summed E-state index contributed by atoms with van der Waals surface area (Å²) >= 11 is 6.41. The first-order valence-corrected chi connectivity index (χ1v) is 14.9. The van der Waals surface area contributed by atoms with Gasteiger partial charge in [-0.25, -0.2) is 8.42 Å². The second kappa shape index (κ2) is 13.1. The van der Waals surface area contributed by atoms with Crippen LogP contribution in [0.5, 0.6) is 5.75 Å². The third-order valence-corrected chi connectivity index (χ3v) is 7.99. The van der Waals surface area contributed by atoms with Gasteiger partial charge in [0.15, 0.2) is 0 Å². The lowest BCUT2D eigenvalue weighted by Gasteiger charge is -2.33. The van der Waals surface area contributed by atoms with Crippen molar-refractivity contribution in [1.82, 2.24) is 10.2 Å². The number of amides is 2. The van der Waals surface area contributed by atoms with Crippen molar-refractivity contribution in [3.05, 3.63) is 59.1 Å². The molecule has 1 aliphatic rings. The smallest absolute Gasteiger partial charge is 0.244 e. The third kappa shape index (κ3) is 7.61. The van der Waals surface area contributed by atoms with Crippen molar-refractivity contribution < 1.29 is 22.7 Å². The largest absolute Gasteiger partial charge is 0.492 e. The number of ether oxygens (including phenoxy) is 1. The number of hydrogen-bond acceptors (Lipinski definition) is 5. The molecular weight excluding hydrogens is 514 g/mol. The molecule has 2 aromatic rings. The summed E-state index contributed by atoms with van der Waals surface area (Å²) < 4.78 is 32.4. The topological polar surface area (TPSA) is 96.0 Å². The molecule has 0 aromatic heterocycles. The van der Waals surface area contributed by atoms with Crippen LogP contribution in [0.4, 0.5) is 5.69 Å². The number of nitrogens with one attached hydrogen (secondary N) is 1. The van der Waals surface area contributed by atoms with E-state index < -0.39 is 28.5 Å². The molecule has 2 aromatic carbocycles. The van der Waals surface area contributed by atoms with Gasteiger partial charge in [-0.3, -0.25) is 13.9 Å². The average Bonchev–Trinajstić information content (AvgIpc) is 3.36. The van der Waals surface area contributed by atoms with Crippen molar-refractivity contribution in [2.24, 2.45) is 0 Å². The molecule has 0 saturated heterocycles. The summed E-state index contributed by atoms with van der Waals surface area (Å²) in [5.41, 5.74) is 0.937. The highest BCUT2D eigenvalue weighted by Gasteiger charge is 2.33. The highest BCUT2D eigenvalue weighted by atomic mass is 35.5. The Hall–Kier alpha value is -2.78. The van der Waals surface area contributed by atoms with Crippen LogP contribution in [0.25, 0.3) is 0 Å². The zero-order valence-corrected chi connectivity index (χ0v) is 23.2. The van der Waals surface area contributed by atoms with Crippen LogP contribution in [0.2, 0.25) is 5.02 Å². The van der Waals surface area contributed by atoms with E-state index in [9.17, 15) is 18.0 Å². The molecule has 0 aliphatic heterocycles. The first-order valence-electron chi connectivity index (χ1n) is 12.7. The van der Waals surface area contributed by atoms with Crippen LogP contribution in [0.1, 0.15) is 51.5 Å². The Morgan fingerprint density at radius 2 is 1.73 bits per heavy atom. The number of sulfonamides is 1. The number of nitrogens with zero attached hydrogens (tertiary/aromatic N) is 2. The SMILES string of the molecule is CCOc1ccccc1N(CC(=O)N(Cc1ccccc1Cl)[C@H](CC)C(=O)NC1CCCC1)S(C)(=O)=O. The molecule has 0 bridgehead atoms. The van der Waals surface area contributed by atoms with E-state index in [4.69, 9.17) is 16.3 Å². The average molecular weight is 550 g/mol. The van der Waals surface area contributed by atoms with E-state index in [0.717, 1.165) is 36.2 Å². The van der Waals surface area contributed by atoms with Crippen LogP contribution in [-0.4, -0.2) is 56.6 Å². The highest BCUT2D eigenvalue weighted by molar-refractivity contribution is 7.92. The molecule has 0 heterocycles. The summed E-state index contributed by atoms with van der Waals surface area (Å²) in [6.07, 6.45) is 5.36. The quantitative estimate of drug-likeness (QED) is 0.424. The molecule has 1 saturated carbocycles. The first-order chi connectivity index (χ1) is 17.7. The standard InChI is InChI=1S/C27H36ClN3O5S/c1-4-23(27(33)29-21-13-7-8-14-21)30(18-20-12-6-9-15-22(20)28)26(32)19-31(37(3,34)35)24-16-10-11-17-25(24)36-5-2/h6,9-12,15-17,21,23H,4-5,7-8,13-14,18-19H2,1-3H3,(H,29,33)/t23-/m1/s1. The maximum Gasteiger partial charge on any atom is 0.244 e. The van der Waals surface area contributed by atoms with E-state index in [0.29, 0.717) is 29.4 Å². The van der Waals surface area contributed by atoms with Gasteiger partial charge in [0.2, 0.25) is 21.8 Å². The lowest BCUT2D eigenvalue weighted by Crippen LogP contribution is -2.53. The zero-order valence-electron chi connectivity index (χ0n) is 21.7. The Balaban J connectivity index is 1.96. The Morgan fingerprint density at radius 1 is 1.08 bits per heavy atom. The van der Waals surface area contributed by atoms with Gasteiger partial charge in [-0.1, -0.05) is 61.7 Å². The van der Waals surface area contributed by atoms with Gasteiger partial charge in [-0.05, 0) is 49.9 Å². The van der Waals surface area contributed by atoms with Gasteiger partial charge in [0.05, 0.1) is 18.6 Å². The predicted molar refractivity (Wildman–Crippen MR) is 146 cm³/mol. The van der Waals surface area contributed by atoms with E-state index in [1.54, 1.807) is 49.4 Å². The Labute approximate surface area is 225 Å². The number of benzene rings is 2. The molecule has 202 valence electrons. The molecule has 1 N–H and O–H groups in total. The summed E-state index contributed by atoms with van der Waals surface area (Å²) in [7, 11) is -3.86. The van der Waals surface area contributed by atoms with Gasteiger partial charge in [0, 0.05) is 17.6 Å². The van der Waals surface area contributed by atoms with Crippen LogP contribution in [-0.2, 0) is 26.2 Å². The van der Waals surface area contributed by atoms with Gasteiger partial charge in [0.25, 0.3) is 0 Å². The van der Waals surface area contributed by atoms with Gasteiger partial charge in [-0.2, -0.15) is 0 Å². The number of halogens is 1. The molecule has 8 nitrogen and oxygen atoms in total. The number of carbonyl (C=O) groups excluding carboxylic acids is 2. The highest BCUT2D eigenvalue weighted by Crippen LogP contribution is 2.30. The summed E-state index contributed by atoms with van der Waals surface area (Å²) in [6, 6.07) is 13.1. The minimum absolute atomic E-state index is 0.0693. The van der Waals surface area contributed by atoms with E-state index in [-0.39, 0.29) is 24.2 Å². The number of rotatable bonds is 12. The maximum atomic E-state index is 13.9. The predicted octanol–water partition coefficient (Wildman–Crippen LogP) is 4.37. The van der Waals surface area contributed by atoms with Crippen molar-refractivity contribution in [2.75, 3.05) is 23.7 Å². The molecule has 1 fully saturated rings. The Kier molecular flexibility index (Phi) is 10.2. The fourth-order valence-corrected chi connectivity index (χ4v) is 5.68. The maximum absolute atomic E-state index is 13.9. The fourth-order valence-electron chi connectivity index (χ4n) is 4.63. The summed E-state index contributed by atoms with van der Waals surface area (Å²) in [4.78, 5) is 28.6. The summed E-state index contributed by atoms with van der Waals surface area (Å²) in [6.45, 7) is 3.55. The Bertz CT molecular complexity index is 1180. The van der Waals surface area contributed by atoms with Crippen LogP contribution >= 0.6 is 11.6 Å². The van der Waals surface area contributed by atoms with Crippen molar-refractivity contribution in [3.8, 4) is 5.75 Å². The van der Waals surface area contributed by atoms with E-state index in [1.807, 2.05) is 13.0 Å². The van der Waals surface area contributed by atoms with Gasteiger partial charge in [0.1, 0.15) is 18.3 Å². The zero-order chi connectivity index (χ0) is 27.0. The molecular formula is C27H36ClN3O5S. The first kappa shape index (κ1) is 28.8. The van der Waals surface area contributed by atoms with Crippen LogP contribution in [0, 0.1) is 0 Å². The monoisotopic (exact) mass is 549 g/mol. The third-order valence-electron chi connectivity index (χ3n) is 6.50. The Morgan fingerprint density at radius 3 is 2.35 bits per heavy atom. The molecule has 1 atom stereocenters. The van der Waals surface area contributed by atoms with Crippen molar-refractivity contribution in [3.63, 3.8) is 0 Å². The van der Waals surface area contributed by atoms with Crippen LogP contribution in [0.3, 0.4) is 0 Å². The van der Waals surface area contributed by atoms with E-state index in [1.165, 1.54) is 4.90 Å². The molecule has 37 heavy (non-hydrogen) atoms. The minimum atomic E-state index is -3.86. The molecule has 2 amide bonds. The normalized spacial score (nSPS) is 14.7. The molecule has 0 unspecified atom stereocenters. The van der Waals surface area contributed by atoms with Crippen molar-refractivity contribution in [1.29, 1.82) is 0 Å². The van der Waals surface area contributed by atoms with Crippen LogP contribution < -0.4 is 14.4 Å². The van der Waals surface area contributed by atoms with Gasteiger partial charge < -0.3 is 15.0 Å². The fraction of sp³-hybridized carbons (Fsp3) is 0.481. The van der Waals surface area contributed by atoms with Crippen molar-refractivity contribution in [2.45, 2.75) is 64.6 Å². The van der Waals surface area contributed by atoms with E-state index >= 15 is 0 Å². The number of anilines is 1. The lowest BCUT2D eigenvalue weighted by molar-refractivity contribution is -0.140. The summed E-state index contributed by atoms with van der Waals surface area (Å²) in [5, 5.41) is 3.55. The second-order valence-electron chi connectivity index (χ2n) is 9.20. The molecule has 0 spiro atoms. The van der Waals surface area contributed by atoms with Gasteiger partial charge in [-0.15, -0.1) is 0 Å². The van der Waals surface area contributed by atoms with Crippen LogP contribution in [0.15, 0.2) is 48.5 Å². The summed E-state index contributed by atoms with van der Waals surface area (Å²) in [5.74, 6) is -0.396. The molecule has 0 radical (unpaired) electrons. The molecule has 3 rings (SSSR count). The lowest BCUT2D eigenvalue weighted by atomic mass is 10.1. The van der Waals surface area contributed by atoms with Crippen molar-refractivity contribution >= 4 is 39.1 Å². The number of carbonyl (C=O) groups is 2. The number of para-hydroxylation sites is 2. The van der Waals surface area contributed by atoms with Gasteiger partial charge >= 0.3 is 0 Å². The number of hydrogen-bond donors (Lipinski definition) is 1. The van der Waals surface area contributed by atoms with E-state index in [2.05, 4.69) is 5.32 Å². The second-order valence-corrected chi connectivity index (χ2v) is 11.5.